The molecule has 0 spiro atoms. The highest BCUT2D eigenvalue weighted by Crippen LogP contribution is 1.94. The Hall–Kier alpha value is -0.610. The van der Waals surface area contributed by atoms with Crippen molar-refractivity contribution >= 4 is 5.97 Å². The van der Waals surface area contributed by atoms with E-state index in [1.165, 1.54) is 0 Å². The zero-order valence-electron chi connectivity index (χ0n) is 4.95. The number of hydrogen-bond donors (Lipinski definition) is 3. The maximum absolute atomic E-state index is 9.83. The molecule has 0 unspecified atom stereocenters. The van der Waals surface area contributed by atoms with E-state index in [0.29, 0.717) is 0 Å². The highest BCUT2D eigenvalue weighted by Gasteiger charge is 2.03. The second kappa shape index (κ2) is 4.29. The summed E-state index contributed by atoms with van der Waals surface area (Å²) in [6, 6.07) is 0. The quantitative estimate of drug-likeness (QED) is 0.470. The van der Waals surface area contributed by atoms with Crippen LogP contribution in [0.1, 0.15) is 12.8 Å². The maximum atomic E-state index is 9.83. The zero-order chi connectivity index (χ0) is 7.28. The predicted molar refractivity (Wildman–Crippen MR) is 30.0 cm³/mol. The molecule has 0 aliphatic carbocycles. The van der Waals surface area contributed by atoms with Crippen molar-refractivity contribution in [1.82, 2.24) is 0 Å². The number of aliphatic hydroxyl groups excluding tert-OH is 2. The number of carboxylic acids is 1. The molecule has 0 aromatic rings. The van der Waals surface area contributed by atoms with Gasteiger partial charge in [-0.15, -0.1) is 0 Å². The van der Waals surface area contributed by atoms with Crippen molar-refractivity contribution in [1.29, 1.82) is 0 Å². The van der Waals surface area contributed by atoms with Crippen LogP contribution in [-0.2, 0) is 4.79 Å². The summed E-state index contributed by atoms with van der Waals surface area (Å²) in [5.41, 5.74) is 0. The monoisotopic (exact) mass is 134 g/mol. The number of hydrogen-bond acceptors (Lipinski definition) is 3. The van der Waals surface area contributed by atoms with Crippen molar-refractivity contribution in [3.8, 4) is 0 Å². The molecular formula is C5H10O4. The van der Waals surface area contributed by atoms with E-state index in [9.17, 15) is 4.79 Å². The summed E-state index contributed by atoms with van der Waals surface area (Å²) < 4.78 is 0. The van der Waals surface area contributed by atoms with Crippen LogP contribution in [0.2, 0.25) is 0 Å². The smallest absolute Gasteiger partial charge is 0.303 e. The highest BCUT2D eigenvalue weighted by atomic mass is 16.4. The molecular weight excluding hydrogens is 124 g/mol. The molecule has 9 heavy (non-hydrogen) atoms. The molecule has 0 aliphatic rings. The van der Waals surface area contributed by atoms with Crippen molar-refractivity contribution in [2.75, 3.05) is 6.61 Å². The molecule has 0 aromatic carbocycles. The molecule has 0 aromatic heterocycles. The lowest BCUT2D eigenvalue weighted by molar-refractivity contribution is -0.137. The minimum absolute atomic E-state index is 0.0955. The largest absolute Gasteiger partial charge is 0.481 e. The van der Waals surface area contributed by atoms with Crippen molar-refractivity contribution < 1.29 is 20.1 Å². The third-order valence-electron chi connectivity index (χ3n) is 0.902. The average molecular weight is 134 g/mol. The van der Waals surface area contributed by atoms with Gasteiger partial charge in [-0.25, -0.2) is 0 Å². The van der Waals surface area contributed by atoms with Gasteiger partial charge in [-0.05, 0) is 6.42 Å². The summed E-state index contributed by atoms with van der Waals surface area (Å²) >= 11 is 0. The van der Waals surface area contributed by atoms with Crippen LogP contribution in [0.25, 0.3) is 0 Å². The van der Waals surface area contributed by atoms with Crippen molar-refractivity contribution in [2.24, 2.45) is 0 Å². The van der Waals surface area contributed by atoms with Gasteiger partial charge >= 0.3 is 5.97 Å². The lowest BCUT2D eigenvalue weighted by atomic mass is 10.2. The number of aliphatic carboxylic acids is 1. The maximum Gasteiger partial charge on any atom is 0.303 e. The SMILES string of the molecule is O=C(O)CC[C@@H](O)CO. The molecule has 0 amide bonds. The summed E-state index contributed by atoms with van der Waals surface area (Å²) in [4.78, 5) is 9.83. The van der Waals surface area contributed by atoms with Crippen LogP contribution >= 0.6 is 0 Å². The molecule has 54 valence electrons. The van der Waals surface area contributed by atoms with Gasteiger partial charge in [0.2, 0.25) is 0 Å². The van der Waals surface area contributed by atoms with Crippen molar-refractivity contribution in [2.45, 2.75) is 18.9 Å². The Morgan fingerprint density at radius 3 is 2.44 bits per heavy atom. The minimum Gasteiger partial charge on any atom is -0.481 e. The number of rotatable bonds is 4. The van der Waals surface area contributed by atoms with Crippen molar-refractivity contribution in [3.05, 3.63) is 0 Å². The Labute approximate surface area is 52.7 Å². The van der Waals surface area contributed by atoms with E-state index in [1.54, 1.807) is 0 Å². The molecule has 0 aliphatic heterocycles. The highest BCUT2D eigenvalue weighted by molar-refractivity contribution is 5.66. The zero-order valence-corrected chi connectivity index (χ0v) is 4.95. The van der Waals surface area contributed by atoms with Crippen LogP contribution < -0.4 is 0 Å². The molecule has 1 atom stereocenters. The summed E-state index contributed by atoms with van der Waals surface area (Å²) in [6.45, 7) is -0.368. The van der Waals surface area contributed by atoms with E-state index >= 15 is 0 Å². The molecule has 0 radical (unpaired) electrons. The first-order chi connectivity index (χ1) is 4.16. The molecule has 0 bridgehead atoms. The summed E-state index contributed by atoms with van der Waals surface area (Å²) in [5.74, 6) is -0.956. The first-order valence-corrected chi connectivity index (χ1v) is 2.67. The normalized spacial score (nSPS) is 13.1. The predicted octanol–water partition coefficient (Wildman–Crippen LogP) is -0.796. The van der Waals surface area contributed by atoms with Gasteiger partial charge in [-0.2, -0.15) is 0 Å². The third-order valence-corrected chi connectivity index (χ3v) is 0.902. The molecule has 4 nitrogen and oxygen atoms in total. The van der Waals surface area contributed by atoms with E-state index in [0.717, 1.165) is 0 Å². The van der Waals surface area contributed by atoms with E-state index in [2.05, 4.69) is 0 Å². The van der Waals surface area contributed by atoms with Gasteiger partial charge in [0, 0.05) is 6.42 Å². The number of aliphatic hydroxyl groups is 2. The standard InChI is InChI=1S/C5H10O4/c6-3-4(7)1-2-5(8)9/h4,6-7H,1-3H2,(H,8,9)/t4-/m1/s1. The molecule has 0 rings (SSSR count). The fourth-order valence-electron chi connectivity index (χ4n) is 0.381. The van der Waals surface area contributed by atoms with Gasteiger partial charge in [0.15, 0.2) is 0 Å². The van der Waals surface area contributed by atoms with Gasteiger partial charge < -0.3 is 15.3 Å². The number of carboxylic acid groups (broad SMARTS) is 1. The van der Waals surface area contributed by atoms with Gasteiger partial charge in [-0.3, -0.25) is 4.79 Å². The number of carbonyl (C=O) groups is 1. The molecule has 0 heterocycles. The van der Waals surface area contributed by atoms with E-state index < -0.39 is 12.1 Å². The second-order valence-corrected chi connectivity index (χ2v) is 1.77. The van der Waals surface area contributed by atoms with Crippen LogP contribution in [0.4, 0.5) is 0 Å². The van der Waals surface area contributed by atoms with Crippen LogP contribution in [-0.4, -0.2) is 34.0 Å². The van der Waals surface area contributed by atoms with Crippen LogP contribution in [0.3, 0.4) is 0 Å². The van der Waals surface area contributed by atoms with E-state index in [1.807, 2.05) is 0 Å². The lowest BCUT2D eigenvalue weighted by Crippen LogP contribution is -2.13. The molecule has 0 saturated carbocycles. The fraction of sp³-hybridized carbons (Fsp3) is 0.800. The second-order valence-electron chi connectivity index (χ2n) is 1.77. The van der Waals surface area contributed by atoms with Gasteiger partial charge in [0.25, 0.3) is 0 Å². The van der Waals surface area contributed by atoms with Gasteiger partial charge in [-0.1, -0.05) is 0 Å². The van der Waals surface area contributed by atoms with E-state index in [-0.39, 0.29) is 19.4 Å². The Balaban J connectivity index is 3.16. The van der Waals surface area contributed by atoms with Crippen molar-refractivity contribution in [3.63, 3.8) is 0 Å². The summed E-state index contributed by atoms with van der Waals surface area (Å²) in [5, 5.41) is 24.9. The molecule has 4 heteroatoms. The van der Waals surface area contributed by atoms with Crippen LogP contribution in [0, 0.1) is 0 Å². The van der Waals surface area contributed by atoms with Crippen LogP contribution in [0.15, 0.2) is 0 Å². The van der Waals surface area contributed by atoms with Gasteiger partial charge in [0.1, 0.15) is 0 Å². The lowest BCUT2D eigenvalue weighted by Gasteiger charge is -2.01. The summed E-state index contributed by atoms with van der Waals surface area (Å²) in [7, 11) is 0. The Morgan fingerprint density at radius 2 is 2.11 bits per heavy atom. The Kier molecular flexibility index (Phi) is 4.00. The first kappa shape index (κ1) is 8.39. The van der Waals surface area contributed by atoms with Gasteiger partial charge in [0.05, 0.1) is 12.7 Å². The molecule has 0 fully saturated rings. The van der Waals surface area contributed by atoms with E-state index in [4.69, 9.17) is 15.3 Å². The van der Waals surface area contributed by atoms with Crippen LogP contribution in [0.5, 0.6) is 0 Å². The molecule has 0 saturated heterocycles. The summed E-state index contributed by atoms with van der Waals surface area (Å²) in [6.07, 6.45) is -0.866. The first-order valence-electron chi connectivity index (χ1n) is 2.67. The topological polar surface area (TPSA) is 77.8 Å². The fourth-order valence-corrected chi connectivity index (χ4v) is 0.381. The average Bonchev–Trinajstić information content (AvgIpc) is 1.83. The Bertz CT molecular complexity index is 91.0. The minimum atomic E-state index is -0.956. The Morgan fingerprint density at radius 1 is 1.56 bits per heavy atom. The third kappa shape index (κ3) is 5.26. The molecule has 3 N–H and O–H groups in total.